The Hall–Kier alpha value is -1.72. The molecular formula is C23H32N4O. The molecule has 1 aliphatic carbocycles. The summed E-state index contributed by atoms with van der Waals surface area (Å²) in [6, 6.07) is 8.16. The number of piperidine rings is 1. The third-order valence-corrected chi connectivity index (χ3v) is 6.84. The average Bonchev–Trinajstić information content (AvgIpc) is 3.44. The maximum Gasteiger partial charge on any atom is 0.261 e. The number of likely N-dealkylation sites (tertiary alicyclic amines) is 2. The molecule has 3 heterocycles. The van der Waals surface area contributed by atoms with E-state index in [4.69, 9.17) is 4.98 Å². The summed E-state index contributed by atoms with van der Waals surface area (Å²) in [7, 11) is 0. The van der Waals surface area contributed by atoms with Crippen LogP contribution in [-0.4, -0.2) is 52.1 Å². The lowest BCUT2D eigenvalue weighted by molar-refractivity contribution is 0.169. The van der Waals surface area contributed by atoms with Gasteiger partial charge in [-0.2, -0.15) is 0 Å². The Bertz CT molecular complexity index is 882. The minimum atomic E-state index is 0.162. The van der Waals surface area contributed by atoms with E-state index in [0.717, 1.165) is 49.3 Å². The van der Waals surface area contributed by atoms with Crippen molar-refractivity contribution < 1.29 is 0 Å². The van der Waals surface area contributed by atoms with E-state index in [1.165, 1.54) is 51.6 Å². The van der Waals surface area contributed by atoms with Crippen molar-refractivity contribution in [2.24, 2.45) is 5.92 Å². The predicted molar refractivity (Wildman–Crippen MR) is 113 cm³/mol. The maximum absolute atomic E-state index is 13.3. The van der Waals surface area contributed by atoms with E-state index in [9.17, 15) is 4.79 Å². The molecule has 0 spiro atoms. The SMILES string of the molecule is O=c1c2ccccc2nc(C2CCCN2CCN2CCCCC2)n1CC1CC1. The first-order valence-electron chi connectivity index (χ1n) is 11.3. The summed E-state index contributed by atoms with van der Waals surface area (Å²) in [5, 5.41) is 0.768. The van der Waals surface area contributed by atoms with E-state index >= 15 is 0 Å². The minimum Gasteiger partial charge on any atom is -0.302 e. The van der Waals surface area contributed by atoms with Crippen LogP contribution >= 0.6 is 0 Å². The highest BCUT2D eigenvalue weighted by molar-refractivity contribution is 5.77. The minimum absolute atomic E-state index is 0.162. The number of aromatic nitrogens is 2. The number of nitrogens with zero attached hydrogens (tertiary/aromatic N) is 4. The zero-order valence-corrected chi connectivity index (χ0v) is 16.9. The van der Waals surface area contributed by atoms with Crippen LogP contribution in [0.1, 0.15) is 56.8 Å². The highest BCUT2D eigenvalue weighted by atomic mass is 16.1. The lowest BCUT2D eigenvalue weighted by Crippen LogP contribution is -2.39. The molecule has 2 aliphatic heterocycles. The van der Waals surface area contributed by atoms with Gasteiger partial charge in [-0.3, -0.25) is 14.3 Å². The van der Waals surface area contributed by atoms with Crippen LogP contribution < -0.4 is 5.56 Å². The summed E-state index contributed by atoms with van der Waals surface area (Å²) in [5.41, 5.74) is 1.02. The third-order valence-electron chi connectivity index (χ3n) is 6.84. The summed E-state index contributed by atoms with van der Waals surface area (Å²) < 4.78 is 2.03. The van der Waals surface area contributed by atoms with Crippen molar-refractivity contribution in [3.8, 4) is 0 Å². The topological polar surface area (TPSA) is 41.4 Å². The zero-order chi connectivity index (χ0) is 18.9. The first-order chi connectivity index (χ1) is 13.8. The van der Waals surface area contributed by atoms with Crippen molar-refractivity contribution in [2.45, 2.75) is 57.5 Å². The number of benzene rings is 1. The molecule has 5 nitrogen and oxygen atoms in total. The second kappa shape index (κ2) is 7.96. The van der Waals surface area contributed by atoms with Crippen molar-refractivity contribution in [1.29, 1.82) is 0 Å². The smallest absolute Gasteiger partial charge is 0.261 e. The van der Waals surface area contributed by atoms with Gasteiger partial charge in [-0.1, -0.05) is 18.6 Å². The fraction of sp³-hybridized carbons (Fsp3) is 0.652. The molecule has 0 amide bonds. The Labute approximate surface area is 167 Å². The summed E-state index contributed by atoms with van der Waals surface area (Å²) in [5.74, 6) is 1.69. The van der Waals surface area contributed by atoms with Crippen LogP contribution in [-0.2, 0) is 6.54 Å². The molecule has 1 unspecified atom stereocenters. The summed E-state index contributed by atoms with van der Waals surface area (Å²) in [4.78, 5) is 23.5. The second-order valence-electron chi connectivity index (χ2n) is 8.94. The quantitative estimate of drug-likeness (QED) is 0.770. The lowest BCUT2D eigenvalue weighted by Gasteiger charge is -2.31. The van der Waals surface area contributed by atoms with Crippen molar-refractivity contribution in [2.75, 3.05) is 32.7 Å². The van der Waals surface area contributed by atoms with Gasteiger partial charge >= 0.3 is 0 Å². The van der Waals surface area contributed by atoms with E-state index in [0.29, 0.717) is 12.0 Å². The van der Waals surface area contributed by atoms with Gasteiger partial charge in [0, 0.05) is 19.6 Å². The third kappa shape index (κ3) is 3.74. The summed E-state index contributed by atoms with van der Waals surface area (Å²) >= 11 is 0. The molecule has 1 aromatic heterocycles. The van der Waals surface area contributed by atoms with Crippen LogP contribution in [0.3, 0.4) is 0 Å². The molecule has 1 saturated carbocycles. The molecule has 3 aliphatic rings. The molecule has 5 heteroatoms. The normalized spacial score (nSPS) is 24.2. The van der Waals surface area contributed by atoms with Crippen LogP contribution in [0, 0.1) is 5.92 Å². The van der Waals surface area contributed by atoms with Gasteiger partial charge in [-0.15, -0.1) is 0 Å². The molecule has 2 saturated heterocycles. The fourth-order valence-corrected chi connectivity index (χ4v) is 5.01. The van der Waals surface area contributed by atoms with Crippen molar-refractivity contribution >= 4 is 10.9 Å². The van der Waals surface area contributed by atoms with Gasteiger partial charge in [0.15, 0.2) is 0 Å². The van der Waals surface area contributed by atoms with Gasteiger partial charge in [-0.25, -0.2) is 4.98 Å². The van der Waals surface area contributed by atoms with Gasteiger partial charge < -0.3 is 4.90 Å². The molecule has 1 atom stereocenters. The maximum atomic E-state index is 13.3. The summed E-state index contributed by atoms with van der Waals surface area (Å²) in [6.45, 7) is 6.72. The largest absolute Gasteiger partial charge is 0.302 e. The van der Waals surface area contributed by atoms with Crippen molar-refractivity contribution in [3.63, 3.8) is 0 Å². The standard InChI is InChI=1S/C23H32N4O/c28-23-19-7-2-3-8-20(19)24-22(27(23)17-18-10-11-18)21-9-6-14-26(21)16-15-25-12-4-1-5-13-25/h2-3,7-8,18,21H,1,4-6,9-17H2. The highest BCUT2D eigenvalue weighted by Gasteiger charge is 2.32. The van der Waals surface area contributed by atoms with E-state index in [-0.39, 0.29) is 5.56 Å². The highest BCUT2D eigenvalue weighted by Crippen LogP contribution is 2.34. The Balaban J connectivity index is 1.43. The van der Waals surface area contributed by atoms with E-state index in [1.54, 1.807) is 0 Å². The van der Waals surface area contributed by atoms with Gasteiger partial charge in [0.05, 0.1) is 16.9 Å². The van der Waals surface area contributed by atoms with Gasteiger partial charge in [0.25, 0.3) is 5.56 Å². The Morgan fingerprint density at radius 3 is 2.57 bits per heavy atom. The lowest BCUT2D eigenvalue weighted by atomic mass is 10.1. The molecule has 150 valence electrons. The van der Waals surface area contributed by atoms with Crippen LogP contribution in [0.2, 0.25) is 0 Å². The molecular weight excluding hydrogens is 348 g/mol. The van der Waals surface area contributed by atoms with Crippen molar-refractivity contribution in [3.05, 3.63) is 40.4 Å². The molecule has 28 heavy (non-hydrogen) atoms. The van der Waals surface area contributed by atoms with Gasteiger partial charge in [0.2, 0.25) is 0 Å². The van der Waals surface area contributed by atoms with Gasteiger partial charge in [0.1, 0.15) is 5.82 Å². The molecule has 1 aromatic carbocycles. The Kier molecular flexibility index (Phi) is 5.20. The Morgan fingerprint density at radius 1 is 0.929 bits per heavy atom. The fourth-order valence-electron chi connectivity index (χ4n) is 5.01. The van der Waals surface area contributed by atoms with E-state index < -0.39 is 0 Å². The number of hydrogen-bond acceptors (Lipinski definition) is 4. The number of rotatable bonds is 6. The molecule has 5 rings (SSSR count). The molecule has 0 N–H and O–H groups in total. The van der Waals surface area contributed by atoms with E-state index in [2.05, 4.69) is 9.80 Å². The molecule has 0 bridgehead atoms. The van der Waals surface area contributed by atoms with Gasteiger partial charge in [-0.05, 0) is 76.2 Å². The zero-order valence-electron chi connectivity index (χ0n) is 16.9. The Morgan fingerprint density at radius 2 is 1.75 bits per heavy atom. The monoisotopic (exact) mass is 380 g/mol. The van der Waals surface area contributed by atoms with Crippen molar-refractivity contribution in [1.82, 2.24) is 19.4 Å². The van der Waals surface area contributed by atoms with Crippen LogP contribution in [0.4, 0.5) is 0 Å². The number of hydrogen-bond donors (Lipinski definition) is 0. The first-order valence-corrected chi connectivity index (χ1v) is 11.3. The van der Waals surface area contributed by atoms with Crippen LogP contribution in [0.15, 0.2) is 29.1 Å². The first kappa shape index (κ1) is 18.3. The molecule has 2 aromatic rings. The van der Waals surface area contributed by atoms with Crippen LogP contribution in [0.5, 0.6) is 0 Å². The molecule has 3 fully saturated rings. The average molecular weight is 381 g/mol. The summed E-state index contributed by atoms with van der Waals surface area (Å²) in [6.07, 6.45) is 8.90. The predicted octanol–water partition coefficient (Wildman–Crippen LogP) is 3.43. The number of fused-ring (bicyclic) bond motifs is 1. The number of para-hydroxylation sites is 1. The van der Waals surface area contributed by atoms with Crippen LogP contribution in [0.25, 0.3) is 10.9 Å². The second-order valence-corrected chi connectivity index (χ2v) is 8.94. The molecule has 0 radical (unpaired) electrons. The van der Waals surface area contributed by atoms with E-state index in [1.807, 2.05) is 28.8 Å².